The third-order valence-corrected chi connectivity index (χ3v) is 1.78. The van der Waals surface area contributed by atoms with Crippen LogP contribution in [0.2, 0.25) is 0 Å². The molecule has 0 aliphatic heterocycles. The van der Waals surface area contributed by atoms with Gasteiger partial charge in [-0.2, -0.15) is 0 Å². The minimum Gasteiger partial charge on any atom is -0.393 e. The summed E-state index contributed by atoms with van der Waals surface area (Å²) < 4.78 is 0. The van der Waals surface area contributed by atoms with Crippen molar-refractivity contribution in [1.82, 2.24) is 0 Å². The highest BCUT2D eigenvalue weighted by atomic mass is 16.6. The van der Waals surface area contributed by atoms with Gasteiger partial charge in [0.15, 0.2) is 0 Å². The Hall–Kier alpha value is -2.17. The number of anilines is 1. The summed E-state index contributed by atoms with van der Waals surface area (Å²) in [7, 11) is 0. The number of aliphatic imine (C=N–C) groups is 1. The smallest absolute Gasteiger partial charge is 0.301 e. The topological polar surface area (TPSA) is 81.5 Å². The maximum Gasteiger partial charge on any atom is 0.301 e. The largest absolute Gasteiger partial charge is 0.393 e. The van der Waals surface area contributed by atoms with Gasteiger partial charge in [0.1, 0.15) is 5.69 Å². The summed E-state index contributed by atoms with van der Waals surface area (Å²) in [5, 5.41) is 10.7. The van der Waals surface area contributed by atoms with Crippen LogP contribution in [0.15, 0.2) is 23.7 Å². The maximum atomic E-state index is 10.7. The van der Waals surface area contributed by atoms with E-state index in [1.54, 1.807) is 6.07 Å². The van der Waals surface area contributed by atoms with Crippen LogP contribution in [0.3, 0.4) is 0 Å². The van der Waals surface area contributed by atoms with E-state index >= 15 is 0 Å². The highest BCUT2D eigenvalue weighted by Gasteiger charge is 2.18. The number of nitrogens with zero attached hydrogens (tertiary/aromatic N) is 2. The number of nitro benzene ring substituents is 1. The summed E-state index contributed by atoms with van der Waals surface area (Å²) in [5.41, 5.74) is 6.09. The lowest BCUT2D eigenvalue weighted by atomic mass is 10.1. The third-order valence-electron chi connectivity index (χ3n) is 1.78. The van der Waals surface area contributed by atoms with Crippen LogP contribution in [0.25, 0.3) is 6.08 Å². The average Bonchev–Trinajstić information content (AvgIpc) is 2.16. The first kappa shape index (κ1) is 9.91. The molecule has 1 rings (SSSR count). The SMILES string of the molecule is C=Cc1c(N=C)ccc(N)c1[N+](=O)[O-]. The molecule has 0 aliphatic carbocycles. The molecule has 0 fully saturated rings. The summed E-state index contributed by atoms with van der Waals surface area (Å²) in [6.45, 7) is 6.78. The molecule has 1 aromatic carbocycles. The molecule has 0 heterocycles. The van der Waals surface area contributed by atoms with Crippen LogP contribution >= 0.6 is 0 Å². The van der Waals surface area contributed by atoms with Crippen LogP contribution in [0.4, 0.5) is 17.1 Å². The molecule has 0 aliphatic rings. The number of hydrogen-bond acceptors (Lipinski definition) is 4. The number of benzene rings is 1. The number of hydrogen-bond donors (Lipinski definition) is 1. The summed E-state index contributed by atoms with van der Waals surface area (Å²) in [6.07, 6.45) is 1.35. The number of rotatable bonds is 3. The van der Waals surface area contributed by atoms with Crippen molar-refractivity contribution in [3.63, 3.8) is 0 Å². The van der Waals surface area contributed by atoms with Crippen LogP contribution in [0.5, 0.6) is 0 Å². The first-order valence-corrected chi connectivity index (χ1v) is 3.77. The van der Waals surface area contributed by atoms with Crippen LogP contribution in [0.1, 0.15) is 5.56 Å². The lowest BCUT2D eigenvalue weighted by Gasteiger charge is -2.03. The zero-order valence-electron chi connectivity index (χ0n) is 7.43. The van der Waals surface area contributed by atoms with Gasteiger partial charge < -0.3 is 5.73 Å². The van der Waals surface area contributed by atoms with E-state index in [9.17, 15) is 10.1 Å². The summed E-state index contributed by atoms with van der Waals surface area (Å²) in [5.74, 6) is 0. The standard InChI is InChI=1S/C9H9N3O2/c1-3-6-8(11-2)5-4-7(10)9(6)12(13)14/h3-5H,1-2,10H2. The van der Waals surface area contributed by atoms with E-state index in [1.165, 1.54) is 12.1 Å². The predicted molar refractivity (Wildman–Crippen MR) is 56.8 cm³/mol. The van der Waals surface area contributed by atoms with Gasteiger partial charge in [-0.1, -0.05) is 12.7 Å². The van der Waals surface area contributed by atoms with E-state index < -0.39 is 4.92 Å². The van der Waals surface area contributed by atoms with Gasteiger partial charge in [-0.3, -0.25) is 15.1 Å². The highest BCUT2D eigenvalue weighted by molar-refractivity contribution is 5.80. The van der Waals surface area contributed by atoms with Crippen molar-refractivity contribution in [1.29, 1.82) is 0 Å². The Morgan fingerprint density at radius 3 is 2.64 bits per heavy atom. The zero-order chi connectivity index (χ0) is 10.7. The van der Waals surface area contributed by atoms with E-state index in [4.69, 9.17) is 5.73 Å². The molecule has 72 valence electrons. The number of nitro groups is 1. The molecule has 14 heavy (non-hydrogen) atoms. The van der Waals surface area contributed by atoms with Crippen LogP contribution in [0, 0.1) is 10.1 Å². The molecule has 0 radical (unpaired) electrons. The summed E-state index contributed by atoms with van der Waals surface area (Å²) >= 11 is 0. The molecule has 0 bridgehead atoms. The van der Waals surface area contributed by atoms with Crippen molar-refractivity contribution in [2.75, 3.05) is 5.73 Å². The van der Waals surface area contributed by atoms with E-state index in [0.29, 0.717) is 11.3 Å². The Labute approximate surface area is 80.7 Å². The first-order chi connectivity index (χ1) is 6.61. The molecule has 0 atom stereocenters. The van der Waals surface area contributed by atoms with Crippen molar-refractivity contribution in [2.24, 2.45) is 4.99 Å². The summed E-state index contributed by atoms with van der Waals surface area (Å²) in [6, 6.07) is 2.99. The molecule has 0 amide bonds. The van der Waals surface area contributed by atoms with Crippen molar-refractivity contribution in [2.45, 2.75) is 0 Å². The van der Waals surface area contributed by atoms with E-state index in [2.05, 4.69) is 18.3 Å². The van der Waals surface area contributed by atoms with Gasteiger partial charge >= 0.3 is 5.69 Å². The molecule has 1 aromatic rings. The minimum atomic E-state index is -0.555. The van der Waals surface area contributed by atoms with Gasteiger partial charge in [0.2, 0.25) is 0 Å². The quantitative estimate of drug-likeness (QED) is 0.344. The Kier molecular flexibility index (Phi) is 2.62. The van der Waals surface area contributed by atoms with Gasteiger partial charge in [0, 0.05) is 0 Å². The van der Waals surface area contributed by atoms with Crippen molar-refractivity contribution < 1.29 is 4.92 Å². The van der Waals surface area contributed by atoms with Gasteiger partial charge in [0.25, 0.3) is 0 Å². The Morgan fingerprint density at radius 1 is 1.57 bits per heavy atom. The number of nitrogens with two attached hydrogens (primary N) is 1. The first-order valence-electron chi connectivity index (χ1n) is 3.77. The lowest BCUT2D eigenvalue weighted by Crippen LogP contribution is -1.98. The van der Waals surface area contributed by atoms with E-state index in [1.807, 2.05) is 0 Å². The molecule has 0 unspecified atom stereocenters. The Bertz CT molecular complexity index is 413. The normalized spacial score (nSPS) is 9.43. The fourth-order valence-electron chi connectivity index (χ4n) is 1.16. The second-order valence-electron chi connectivity index (χ2n) is 2.56. The Balaban J connectivity index is 3.58. The van der Waals surface area contributed by atoms with Gasteiger partial charge in [-0.05, 0) is 18.9 Å². The molecule has 0 saturated carbocycles. The van der Waals surface area contributed by atoms with Crippen LogP contribution in [-0.2, 0) is 0 Å². The number of nitrogen functional groups attached to an aromatic ring is 1. The maximum absolute atomic E-state index is 10.7. The average molecular weight is 191 g/mol. The van der Waals surface area contributed by atoms with Gasteiger partial charge in [0.05, 0.1) is 16.2 Å². The molecule has 0 saturated heterocycles. The van der Waals surface area contributed by atoms with Gasteiger partial charge in [-0.15, -0.1) is 0 Å². The fraction of sp³-hybridized carbons (Fsp3) is 0. The van der Waals surface area contributed by atoms with Crippen molar-refractivity contribution in [3.05, 3.63) is 34.4 Å². The molecular weight excluding hydrogens is 182 g/mol. The second kappa shape index (κ2) is 3.69. The summed E-state index contributed by atoms with van der Waals surface area (Å²) in [4.78, 5) is 13.8. The van der Waals surface area contributed by atoms with Crippen LogP contribution in [-0.4, -0.2) is 11.6 Å². The molecule has 0 spiro atoms. The fourth-order valence-corrected chi connectivity index (χ4v) is 1.16. The monoisotopic (exact) mass is 191 g/mol. The third kappa shape index (κ3) is 1.47. The van der Waals surface area contributed by atoms with Gasteiger partial charge in [-0.25, -0.2) is 0 Å². The lowest BCUT2D eigenvalue weighted by molar-refractivity contribution is -0.384. The Morgan fingerprint density at radius 2 is 2.21 bits per heavy atom. The van der Waals surface area contributed by atoms with E-state index in [-0.39, 0.29) is 11.4 Å². The van der Waals surface area contributed by atoms with Crippen LogP contribution < -0.4 is 5.73 Å². The second-order valence-corrected chi connectivity index (χ2v) is 2.56. The van der Waals surface area contributed by atoms with E-state index in [0.717, 1.165) is 0 Å². The molecular formula is C9H9N3O2. The van der Waals surface area contributed by atoms with Crippen molar-refractivity contribution in [3.8, 4) is 0 Å². The molecule has 5 heteroatoms. The molecule has 2 N–H and O–H groups in total. The highest BCUT2D eigenvalue weighted by Crippen LogP contribution is 2.34. The molecule has 5 nitrogen and oxygen atoms in total. The minimum absolute atomic E-state index is 0.0947. The zero-order valence-corrected chi connectivity index (χ0v) is 7.43. The molecule has 0 aromatic heterocycles. The predicted octanol–water partition coefficient (Wildman–Crippen LogP) is 2.15. The van der Waals surface area contributed by atoms with Crippen molar-refractivity contribution >= 4 is 29.9 Å².